The Hall–Kier alpha value is -4.17. The highest BCUT2D eigenvalue weighted by Crippen LogP contribution is 2.42. The Morgan fingerprint density at radius 2 is 1.84 bits per heavy atom. The van der Waals surface area contributed by atoms with Crippen molar-refractivity contribution in [3.8, 4) is 17.2 Å². The molecule has 1 aliphatic heterocycles. The van der Waals surface area contributed by atoms with Crippen molar-refractivity contribution in [3.05, 3.63) is 104 Å². The first-order chi connectivity index (χ1) is 22.0. The van der Waals surface area contributed by atoms with Crippen molar-refractivity contribution in [1.82, 2.24) is 25.1 Å². The number of hydrogen-bond donors (Lipinski definition) is 1. The number of carbonyl (C=O) groups is 2. The first kappa shape index (κ1) is 30.8. The third kappa shape index (κ3) is 6.61. The van der Waals surface area contributed by atoms with Gasteiger partial charge in [-0.15, -0.1) is 32.9 Å². The van der Waals surface area contributed by atoms with E-state index in [-0.39, 0.29) is 24.1 Å². The highest BCUT2D eigenvalue weighted by molar-refractivity contribution is 7.99. The second-order valence-corrected chi connectivity index (χ2v) is 13.0. The van der Waals surface area contributed by atoms with E-state index in [1.165, 1.54) is 28.1 Å². The van der Waals surface area contributed by atoms with Crippen LogP contribution in [0.25, 0.3) is 5.69 Å². The fraction of sp³-hybridized carbons (Fsp3) is 0.194. The van der Waals surface area contributed by atoms with Gasteiger partial charge in [0.1, 0.15) is 0 Å². The van der Waals surface area contributed by atoms with Crippen molar-refractivity contribution in [3.63, 3.8) is 0 Å². The maximum atomic E-state index is 13.9. The number of benzene rings is 2. The zero-order chi connectivity index (χ0) is 31.3. The van der Waals surface area contributed by atoms with E-state index < -0.39 is 6.04 Å². The van der Waals surface area contributed by atoms with Crippen molar-refractivity contribution in [1.29, 1.82) is 0 Å². The molecule has 2 amide bonds. The van der Waals surface area contributed by atoms with Gasteiger partial charge in [-0.05, 0) is 47.2 Å². The molecule has 14 heteroatoms. The van der Waals surface area contributed by atoms with Crippen LogP contribution in [0.1, 0.15) is 38.4 Å². The highest BCUT2D eigenvalue weighted by Gasteiger charge is 2.36. The Kier molecular flexibility index (Phi) is 9.50. The minimum absolute atomic E-state index is 0.0320. The van der Waals surface area contributed by atoms with Gasteiger partial charge < -0.3 is 14.8 Å². The molecule has 5 aromatic rings. The minimum atomic E-state index is -0.394. The normalized spacial score (nSPS) is 14.3. The molecule has 0 aliphatic carbocycles. The summed E-state index contributed by atoms with van der Waals surface area (Å²) >= 11 is 10.5. The van der Waals surface area contributed by atoms with Gasteiger partial charge in [0.15, 0.2) is 22.5 Å². The highest BCUT2D eigenvalue weighted by atomic mass is 35.5. The molecule has 6 rings (SSSR count). The number of para-hydroxylation sites is 1. The lowest BCUT2D eigenvalue weighted by Crippen LogP contribution is -2.29. The number of ether oxygens (including phenoxy) is 2. The molecule has 45 heavy (non-hydrogen) atoms. The first-order valence-corrected chi connectivity index (χ1v) is 16.9. The minimum Gasteiger partial charge on any atom is -0.493 e. The number of hydrogen-bond acceptors (Lipinski definition) is 10. The van der Waals surface area contributed by atoms with Gasteiger partial charge in [0.25, 0.3) is 11.8 Å². The van der Waals surface area contributed by atoms with Crippen molar-refractivity contribution in [2.24, 2.45) is 5.10 Å². The van der Waals surface area contributed by atoms with Crippen LogP contribution in [-0.2, 0) is 11.3 Å². The van der Waals surface area contributed by atoms with Crippen LogP contribution in [0.2, 0.25) is 5.02 Å². The van der Waals surface area contributed by atoms with Gasteiger partial charge in [-0.2, -0.15) is 5.10 Å². The largest absolute Gasteiger partial charge is 0.493 e. The average Bonchev–Trinajstić information content (AvgIpc) is 3.89. The lowest BCUT2D eigenvalue weighted by atomic mass is 9.99. The Morgan fingerprint density at radius 3 is 2.58 bits per heavy atom. The Bertz CT molecular complexity index is 1840. The molecule has 0 saturated heterocycles. The summed E-state index contributed by atoms with van der Waals surface area (Å²) in [6.45, 7) is 0.128. The van der Waals surface area contributed by atoms with E-state index >= 15 is 0 Å². The summed E-state index contributed by atoms with van der Waals surface area (Å²) in [5.74, 6) is 1.25. The second-order valence-electron chi connectivity index (χ2n) is 9.73. The summed E-state index contributed by atoms with van der Waals surface area (Å²) in [5.41, 5.74) is 2.33. The Balaban J connectivity index is 1.27. The van der Waals surface area contributed by atoms with Crippen molar-refractivity contribution in [2.75, 3.05) is 20.0 Å². The van der Waals surface area contributed by atoms with Crippen LogP contribution in [0.4, 0.5) is 0 Å². The third-order valence-electron chi connectivity index (χ3n) is 7.01. The topological polar surface area (TPSA) is 111 Å². The summed E-state index contributed by atoms with van der Waals surface area (Å²) in [6, 6.07) is 20.0. The van der Waals surface area contributed by atoms with Crippen LogP contribution in [0.15, 0.2) is 87.7 Å². The molecule has 3 aromatic heterocycles. The molecule has 10 nitrogen and oxygen atoms in total. The average molecular weight is 679 g/mol. The van der Waals surface area contributed by atoms with E-state index in [9.17, 15) is 9.59 Å². The lowest BCUT2D eigenvalue weighted by molar-refractivity contribution is -0.130. The smallest absolute Gasteiger partial charge is 0.261 e. The summed E-state index contributed by atoms with van der Waals surface area (Å²) < 4.78 is 13.1. The van der Waals surface area contributed by atoms with E-state index in [2.05, 4.69) is 15.5 Å². The molecular weight excluding hydrogens is 652 g/mol. The fourth-order valence-corrected chi connectivity index (χ4v) is 7.35. The van der Waals surface area contributed by atoms with Gasteiger partial charge in [0, 0.05) is 17.0 Å². The maximum Gasteiger partial charge on any atom is 0.261 e. The number of amides is 2. The zero-order valence-electron chi connectivity index (χ0n) is 24.2. The van der Waals surface area contributed by atoms with E-state index in [4.69, 9.17) is 26.2 Å². The lowest BCUT2D eigenvalue weighted by Gasteiger charge is -2.24. The molecule has 1 atom stereocenters. The second kappa shape index (κ2) is 13.9. The van der Waals surface area contributed by atoms with E-state index in [1.807, 2.05) is 59.3 Å². The number of halogens is 1. The number of aromatic nitrogens is 3. The van der Waals surface area contributed by atoms with Crippen molar-refractivity contribution in [2.45, 2.75) is 24.2 Å². The summed E-state index contributed by atoms with van der Waals surface area (Å²) in [6.07, 6.45) is 0.521. The zero-order valence-corrected chi connectivity index (χ0v) is 27.4. The van der Waals surface area contributed by atoms with Crippen molar-refractivity contribution < 1.29 is 19.1 Å². The molecule has 0 fully saturated rings. The number of rotatable bonds is 11. The SMILES string of the molecule is COc1cccc([C@H]2CC(c3cccs3)=NN2C(=O)CSc2nnc(CNC(=O)c3cccs3)n2-c2cccc(Cl)c2)c1OC. The van der Waals surface area contributed by atoms with Crippen molar-refractivity contribution >= 4 is 63.6 Å². The number of carbonyl (C=O) groups excluding carboxylic acids is 2. The van der Waals surface area contributed by atoms with Crippen LogP contribution < -0.4 is 14.8 Å². The number of nitrogens with one attached hydrogen (secondary N) is 1. The first-order valence-electron chi connectivity index (χ1n) is 13.8. The van der Waals surface area contributed by atoms with E-state index in [0.717, 1.165) is 16.2 Å². The van der Waals surface area contributed by atoms with Gasteiger partial charge in [0.2, 0.25) is 0 Å². The molecule has 0 bridgehead atoms. The molecule has 2 aromatic carbocycles. The standard InChI is InChI=1S/C31H27ClN6O4S3/c1-41-24-10-4-9-21(29(24)42-2)23-16-22(25-11-5-13-43-25)36-38(23)28(39)18-45-31-35-34-27(17-33-30(40)26-12-6-14-44-26)37(31)20-8-3-7-19(32)15-20/h3-15,23H,16-18H2,1-2H3,(H,33,40)/t23-/m1/s1. The van der Waals surface area contributed by atoms with Crippen LogP contribution in [-0.4, -0.2) is 57.3 Å². The number of methoxy groups -OCH3 is 2. The molecule has 4 heterocycles. The maximum absolute atomic E-state index is 13.9. The Labute approximate surface area is 276 Å². The Morgan fingerprint density at radius 1 is 1.02 bits per heavy atom. The molecular formula is C31H27ClN6O4S3. The summed E-state index contributed by atoms with van der Waals surface area (Å²) in [7, 11) is 3.17. The van der Waals surface area contributed by atoms with Crippen LogP contribution in [0.5, 0.6) is 11.5 Å². The summed E-state index contributed by atoms with van der Waals surface area (Å²) in [5, 5.41) is 22.8. The van der Waals surface area contributed by atoms with Crippen LogP contribution in [0.3, 0.4) is 0 Å². The number of thioether (sulfide) groups is 1. The van der Waals surface area contributed by atoms with Gasteiger partial charge in [-0.25, -0.2) is 5.01 Å². The van der Waals surface area contributed by atoms with E-state index in [1.54, 1.807) is 48.3 Å². The monoisotopic (exact) mass is 678 g/mol. The molecule has 0 spiro atoms. The van der Waals surface area contributed by atoms with Crippen LogP contribution in [0, 0.1) is 0 Å². The van der Waals surface area contributed by atoms with Gasteiger partial charge in [0.05, 0.1) is 53.7 Å². The molecule has 230 valence electrons. The van der Waals surface area contributed by atoms with Gasteiger partial charge >= 0.3 is 0 Å². The molecule has 0 radical (unpaired) electrons. The van der Waals surface area contributed by atoms with Gasteiger partial charge in [-0.3, -0.25) is 14.2 Å². The van der Waals surface area contributed by atoms with E-state index in [0.29, 0.717) is 44.5 Å². The molecule has 0 saturated carbocycles. The summed E-state index contributed by atoms with van der Waals surface area (Å²) in [4.78, 5) is 28.2. The number of hydrazone groups is 1. The molecule has 1 aliphatic rings. The quantitative estimate of drug-likeness (QED) is 0.160. The molecule has 1 N–H and O–H groups in total. The predicted molar refractivity (Wildman–Crippen MR) is 177 cm³/mol. The predicted octanol–water partition coefficient (Wildman–Crippen LogP) is 6.46. The third-order valence-corrected chi connectivity index (χ3v) is 9.94. The molecule has 0 unspecified atom stereocenters. The van der Waals surface area contributed by atoms with Crippen LogP contribution >= 0.6 is 46.0 Å². The van der Waals surface area contributed by atoms with Gasteiger partial charge in [-0.1, -0.05) is 53.7 Å². The fourth-order valence-electron chi connectivity index (χ4n) is 4.98. The number of thiophene rings is 2. The number of nitrogens with zero attached hydrogens (tertiary/aromatic N) is 5.